The Morgan fingerprint density at radius 3 is 2.45 bits per heavy atom. The quantitative estimate of drug-likeness (QED) is 0.811. The van der Waals surface area contributed by atoms with Crippen LogP contribution in [0.2, 0.25) is 0 Å². The molecule has 1 atom stereocenters. The first-order valence-corrected chi connectivity index (χ1v) is 7.87. The molecule has 0 saturated heterocycles. The van der Waals surface area contributed by atoms with Gasteiger partial charge in [-0.1, -0.05) is 12.1 Å². The number of carbonyl (C=O) groups is 2. The summed E-state index contributed by atoms with van der Waals surface area (Å²) >= 11 is 0. The fraction of sp³-hybridized carbons (Fsp3) is 0.529. The van der Waals surface area contributed by atoms with Gasteiger partial charge in [-0.3, -0.25) is 9.59 Å². The van der Waals surface area contributed by atoms with E-state index in [-0.39, 0.29) is 17.9 Å². The summed E-state index contributed by atoms with van der Waals surface area (Å²) in [7, 11) is 0. The van der Waals surface area contributed by atoms with E-state index < -0.39 is 0 Å². The average molecular weight is 303 g/mol. The third-order valence-corrected chi connectivity index (χ3v) is 3.81. The highest BCUT2D eigenvalue weighted by Gasteiger charge is 2.30. The standard InChI is InChI=1S/C17H25N3O2/c1-12(18)3-10-17(22)19-15-6-4-14(5-7-15)11-20(13(2)21)16-8-9-16/h4-7,12,16H,3,8-11,18H2,1-2H3,(H,19,22). The van der Waals surface area contributed by atoms with Crippen molar-refractivity contribution in [1.82, 2.24) is 4.90 Å². The predicted molar refractivity (Wildman–Crippen MR) is 87.2 cm³/mol. The summed E-state index contributed by atoms with van der Waals surface area (Å²) in [5.41, 5.74) is 7.50. The van der Waals surface area contributed by atoms with Crippen LogP contribution in [0.3, 0.4) is 0 Å². The summed E-state index contributed by atoms with van der Waals surface area (Å²) in [6, 6.07) is 8.12. The third-order valence-electron chi connectivity index (χ3n) is 3.81. The van der Waals surface area contributed by atoms with Crippen LogP contribution in [0.4, 0.5) is 5.69 Å². The van der Waals surface area contributed by atoms with Gasteiger partial charge in [0.05, 0.1) is 0 Å². The Labute approximate surface area is 131 Å². The van der Waals surface area contributed by atoms with E-state index >= 15 is 0 Å². The molecule has 0 radical (unpaired) electrons. The van der Waals surface area contributed by atoms with Gasteiger partial charge in [0, 0.05) is 37.7 Å². The van der Waals surface area contributed by atoms with Gasteiger partial charge in [-0.15, -0.1) is 0 Å². The molecule has 2 amide bonds. The first-order chi connectivity index (χ1) is 10.5. The van der Waals surface area contributed by atoms with E-state index in [0.29, 0.717) is 25.4 Å². The minimum atomic E-state index is -0.0200. The SMILES string of the molecule is CC(=O)N(Cc1ccc(NC(=O)CCC(C)N)cc1)C1CC1. The van der Waals surface area contributed by atoms with Crippen LogP contribution < -0.4 is 11.1 Å². The lowest BCUT2D eigenvalue weighted by molar-refractivity contribution is -0.130. The first kappa shape index (κ1) is 16.5. The van der Waals surface area contributed by atoms with Crippen LogP contribution in [-0.4, -0.2) is 28.8 Å². The number of amides is 2. The number of nitrogens with one attached hydrogen (secondary N) is 1. The Morgan fingerprint density at radius 1 is 1.32 bits per heavy atom. The second-order valence-electron chi connectivity index (χ2n) is 6.14. The largest absolute Gasteiger partial charge is 0.336 e. The van der Waals surface area contributed by atoms with Gasteiger partial charge >= 0.3 is 0 Å². The normalized spacial score (nSPS) is 15.2. The van der Waals surface area contributed by atoms with Crippen molar-refractivity contribution < 1.29 is 9.59 Å². The summed E-state index contributed by atoms with van der Waals surface area (Å²) in [4.78, 5) is 25.3. The monoisotopic (exact) mass is 303 g/mol. The Kier molecular flexibility index (Phi) is 5.55. The van der Waals surface area contributed by atoms with Gasteiger partial charge in [-0.2, -0.15) is 0 Å². The van der Waals surface area contributed by atoms with Crippen LogP contribution >= 0.6 is 0 Å². The van der Waals surface area contributed by atoms with Gasteiger partial charge in [-0.05, 0) is 43.9 Å². The second-order valence-corrected chi connectivity index (χ2v) is 6.14. The Balaban J connectivity index is 1.87. The van der Waals surface area contributed by atoms with E-state index in [1.165, 1.54) is 0 Å². The molecule has 1 saturated carbocycles. The van der Waals surface area contributed by atoms with Crippen LogP contribution in [0.25, 0.3) is 0 Å². The van der Waals surface area contributed by atoms with E-state index in [1.54, 1.807) is 6.92 Å². The molecular formula is C17H25N3O2. The number of nitrogens with two attached hydrogens (primary N) is 1. The van der Waals surface area contributed by atoms with E-state index in [9.17, 15) is 9.59 Å². The number of hydrogen-bond acceptors (Lipinski definition) is 3. The predicted octanol–water partition coefficient (Wildman–Crippen LogP) is 2.26. The molecule has 1 aliphatic rings. The fourth-order valence-electron chi connectivity index (χ4n) is 2.36. The van der Waals surface area contributed by atoms with Crippen LogP contribution in [0, 0.1) is 0 Å². The highest BCUT2D eigenvalue weighted by atomic mass is 16.2. The van der Waals surface area contributed by atoms with Crippen molar-refractivity contribution in [3.05, 3.63) is 29.8 Å². The Hall–Kier alpha value is -1.88. The number of carbonyl (C=O) groups excluding carboxylic acids is 2. The second kappa shape index (κ2) is 7.40. The van der Waals surface area contributed by atoms with Crippen LogP contribution in [-0.2, 0) is 16.1 Å². The van der Waals surface area contributed by atoms with E-state index in [1.807, 2.05) is 36.1 Å². The van der Waals surface area contributed by atoms with Crippen molar-refractivity contribution in [1.29, 1.82) is 0 Å². The lowest BCUT2D eigenvalue weighted by Crippen LogP contribution is -2.30. The zero-order chi connectivity index (χ0) is 16.1. The number of hydrogen-bond donors (Lipinski definition) is 2. The zero-order valence-corrected chi connectivity index (χ0v) is 13.3. The molecule has 5 nitrogen and oxygen atoms in total. The Bertz CT molecular complexity index is 521. The first-order valence-electron chi connectivity index (χ1n) is 7.87. The van der Waals surface area contributed by atoms with E-state index in [4.69, 9.17) is 5.73 Å². The molecule has 22 heavy (non-hydrogen) atoms. The topological polar surface area (TPSA) is 75.4 Å². The highest BCUT2D eigenvalue weighted by Crippen LogP contribution is 2.28. The molecule has 2 rings (SSSR count). The number of rotatable bonds is 7. The van der Waals surface area contributed by atoms with Gasteiger partial charge < -0.3 is 16.0 Å². The molecular weight excluding hydrogens is 278 g/mol. The molecule has 5 heteroatoms. The van der Waals surface area contributed by atoms with E-state index in [2.05, 4.69) is 5.32 Å². The van der Waals surface area contributed by atoms with Crippen molar-refractivity contribution >= 4 is 17.5 Å². The van der Waals surface area contributed by atoms with Crippen LogP contribution in [0.1, 0.15) is 45.1 Å². The number of nitrogens with zero attached hydrogens (tertiary/aromatic N) is 1. The van der Waals surface area contributed by atoms with Gasteiger partial charge in [0.15, 0.2) is 0 Å². The molecule has 120 valence electrons. The lowest BCUT2D eigenvalue weighted by atomic mass is 10.1. The van der Waals surface area contributed by atoms with Crippen molar-refractivity contribution in [2.45, 2.75) is 58.2 Å². The van der Waals surface area contributed by atoms with Gasteiger partial charge in [0.2, 0.25) is 11.8 Å². The third kappa shape index (κ3) is 5.15. The minimum Gasteiger partial charge on any atom is -0.336 e. The summed E-state index contributed by atoms with van der Waals surface area (Å²) in [6.45, 7) is 4.15. The summed E-state index contributed by atoms with van der Waals surface area (Å²) < 4.78 is 0. The van der Waals surface area contributed by atoms with E-state index in [0.717, 1.165) is 24.1 Å². The maximum absolute atomic E-state index is 11.7. The van der Waals surface area contributed by atoms with Crippen LogP contribution in [0.5, 0.6) is 0 Å². The number of benzene rings is 1. The van der Waals surface area contributed by atoms with Crippen molar-refractivity contribution in [3.63, 3.8) is 0 Å². The van der Waals surface area contributed by atoms with Crippen molar-refractivity contribution in [3.8, 4) is 0 Å². The molecule has 1 aromatic rings. The zero-order valence-electron chi connectivity index (χ0n) is 13.3. The molecule has 3 N–H and O–H groups in total. The molecule has 1 unspecified atom stereocenters. The molecule has 0 heterocycles. The minimum absolute atomic E-state index is 0.0200. The molecule has 1 aromatic carbocycles. The molecule has 1 aliphatic carbocycles. The highest BCUT2D eigenvalue weighted by molar-refractivity contribution is 5.90. The number of anilines is 1. The smallest absolute Gasteiger partial charge is 0.224 e. The van der Waals surface area contributed by atoms with Gasteiger partial charge in [0.25, 0.3) is 0 Å². The molecule has 0 aromatic heterocycles. The summed E-state index contributed by atoms with van der Waals surface area (Å²) in [5.74, 6) is 0.101. The lowest BCUT2D eigenvalue weighted by Gasteiger charge is -2.20. The van der Waals surface area contributed by atoms with Gasteiger partial charge in [0.1, 0.15) is 0 Å². The molecule has 0 spiro atoms. The van der Waals surface area contributed by atoms with Crippen molar-refractivity contribution in [2.75, 3.05) is 5.32 Å². The van der Waals surface area contributed by atoms with Crippen LogP contribution in [0.15, 0.2) is 24.3 Å². The summed E-state index contributed by atoms with van der Waals surface area (Å²) in [5, 5.41) is 2.86. The maximum atomic E-state index is 11.7. The molecule has 0 bridgehead atoms. The molecule has 1 fully saturated rings. The average Bonchev–Trinajstić information content (AvgIpc) is 3.28. The van der Waals surface area contributed by atoms with Gasteiger partial charge in [-0.25, -0.2) is 0 Å². The fourth-order valence-corrected chi connectivity index (χ4v) is 2.36. The summed E-state index contributed by atoms with van der Waals surface area (Å²) in [6.07, 6.45) is 3.32. The maximum Gasteiger partial charge on any atom is 0.224 e. The Morgan fingerprint density at radius 2 is 1.95 bits per heavy atom. The van der Waals surface area contributed by atoms with Crippen molar-refractivity contribution in [2.24, 2.45) is 5.73 Å². The molecule has 0 aliphatic heterocycles.